The zero-order valence-corrected chi connectivity index (χ0v) is 7.60. The van der Waals surface area contributed by atoms with Crippen molar-refractivity contribution in [2.75, 3.05) is 6.61 Å². The molecule has 0 radical (unpaired) electrons. The molecule has 0 aliphatic carbocycles. The van der Waals surface area contributed by atoms with Crippen LogP contribution in [0.5, 0.6) is 11.5 Å². The quantitative estimate of drug-likeness (QED) is 0.527. The van der Waals surface area contributed by atoms with Crippen molar-refractivity contribution in [2.24, 2.45) is 0 Å². The molecule has 2 rings (SSSR count). The van der Waals surface area contributed by atoms with E-state index in [-0.39, 0.29) is 6.10 Å². The number of hydrogen-bond donors (Lipinski definition) is 0. The van der Waals surface area contributed by atoms with Gasteiger partial charge in [0.1, 0.15) is 6.61 Å². The van der Waals surface area contributed by atoms with Crippen LogP contribution in [0.15, 0.2) is 30.9 Å². The summed E-state index contributed by atoms with van der Waals surface area (Å²) in [6.45, 7) is 4.06. The molecule has 0 bridgehead atoms. The Kier molecular flexibility index (Phi) is 2.23. The summed E-state index contributed by atoms with van der Waals surface area (Å²) in [7, 11) is 0. The topological polar surface area (TPSA) is 35.5 Å². The van der Waals surface area contributed by atoms with Gasteiger partial charge in [-0.25, -0.2) is 0 Å². The normalized spacial score (nSPS) is 18.7. The molecule has 1 aromatic rings. The van der Waals surface area contributed by atoms with Crippen molar-refractivity contribution < 1.29 is 14.3 Å². The first-order valence-electron chi connectivity index (χ1n) is 4.35. The fourth-order valence-corrected chi connectivity index (χ4v) is 1.34. The number of aldehydes is 1. The van der Waals surface area contributed by atoms with Gasteiger partial charge in [-0.05, 0) is 18.2 Å². The smallest absolute Gasteiger partial charge is 0.172 e. The van der Waals surface area contributed by atoms with Crippen LogP contribution in [0.1, 0.15) is 10.4 Å². The number of carbonyl (C=O) groups excluding carboxylic acids is 1. The highest BCUT2D eigenvalue weighted by atomic mass is 16.6. The van der Waals surface area contributed by atoms with Crippen LogP contribution in [0.4, 0.5) is 0 Å². The van der Waals surface area contributed by atoms with E-state index < -0.39 is 0 Å². The third-order valence-corrected chi connectivity index (χ3v) is 2.07. The SMILES string of the molecule is C=CC1COc2cccc(C=O)c2O1. The minimum absolute atomic E-state index is 0.177. The number of rotatable bonds is 2. The first-order chi connectivity index (χ1) is 6.85. The predicted octanol–water partition coefficient (Wildman–Crippen LogP) is 1.82. The minimum atomic E-state index is -0.177. The maximum atomic E-state index is 10.7. The Morgan fingerprint density at radius 2 is 2.36 bits per heavy atom. The van der Waals surface area contributed by atoms with Crippen molar-refractivity contribution in [1.29, 1.82) is 0 Å². The van der Waals surface area contributed by atoms with E-state index in [1.807, 2.05) is 0 Å². The second kappa shape index (κ2) is 3.54. The molecule has 1 heterocycles. The second-order valence-corrected chi connectivity index (χ2v) is 3.00. The van der Waals surface area contributed by atoms with Gasteiger partial charge in [-0.1, -0.05) is 12.6 Å². The standard InChI is InChI=1S/C11H10O3/c1-2-9-7-13-10-5-3-4-8(6-12)11(10)14-9/h2-6,9H,1,7H2. The molecule has 1 unspecified atom stereocenters. The Hall–Kier alpha value is -1.77. The third kappa shape index (κ3) is 1.37. The highest BCUT2D eigenvalue weighted by Gasteiger charge is 2.20. The van der Waals surface area contributed by atoms with E-state index in [0.717, 1.165) is 6.29 Å². The monoisotopic (exact) mass is 190 g/mol. The van der Waals surface area contributed by atoms with Gasteiger partial charge in [-0.15, -0.1) is 0 Å². The van der Waals surface area contributed by atoms with Crippen LogP contribution in [0.3, 0.4) is 0 Å². The molecule has 1 aromatic carbocycles. The minimum Gasteiger partial charge on any atom is -0.485 e. The van der Waals surface area contributed by atoms with Crippen molar-refractivity contribution in [1.82, 2.24) is 0 Å². The Morgan fingerprint density at radius 3 is 3.07 bits per heavy atom. The summed E-state index contributed by atoms with van der Waals surface area (Å²) in [5.74, 6) is 1.13. The van der Waals surface area contributed by atoms with Crippen molar-refractivity contribution in [3.05, 3.63) is 36.4 Å². The highest BCUT2D eigenvalue weighted by molar-refractivity contribution is 5.81. The van der Waals surface area contributed by atoms with E-state index in [0.29, 0.717) is 23.7 Å². The maximum Gasteiger partial charge on any atom is 0.172 e. The lowest BCUT2D eigenvalue weighted by molar-refractivity contribution is 0.107. The molecule has 1 aliphatic rings. The molecule has 0 N–H and O–H groups in total. The molecule has 14 heavy (non-hydrogen) atoms. The van der Waals surface area contributed by atoms with Gasteiger partial charge in [0.05, 0.1) is 5.56 Å². The van der Waals surface area contributed by atoms with Crippen LogP contribution < -0.4 is 9.47 Å². The lowest BCUT2D eigenvalue weighted by atomic mass is 10.2. The Bertz CT molecular complexity index is 371. The Labute approximate surface area is 81.9 Å². The fourth-order valence-electron chi connectivity index (χ4n) is 1.34. The number of fused-ring (bicyclic) bond motifs is 1. The molecule has 1 atom stereocenters. The molecule has 0 fully saturated rings. The molecule has 1 aliphatic heterocycles. The van der Waals surface area contributed by atoms with Crippen LogP contribution in [0.2, 0.25) is 0 Å². The number of benzene rings is 1. The summed E-state index contributed by atoms with van der Waals surface area (Å²) in [5, 5.41) is 0. The zero-order chi connectivity index (χ0) is 9.97. The molecule has 0 amide bonds. The van der Waals surface area contributed by atoms with E-state index in [1.165, 1.54) is 0 Å². The lowest BCUT2D eigenvalue weighted by Crippen LogP contribution is -2.27. The van der Waals surface area contributed by atoms with Crippen LogP contribution in [0.25, 0.3) is 0 Å². The van der Waals surface area contributed by atoms with E-state index in [2.05, 4.69) is 6.58 Å². The van der Waals surface area contributed by atoms with E-state index in [1.54, 1.807) is 24.3 Å². The summed E-state index contributed by atoms with van der Waals surface area (Å²) in [5.41, 5.74) is 0.508. The summed E-state index contributed by atoms with van der Waals surface area (Å²) < 4.78 is 10.9. The summed E-state index contributed by atoms with van der Waals surface area (Å²) in [4.78, 5) is 10.7. The second-order valence-electron chi connectivity index (χ2n) is 3.00. The molecule has 3 nitrogen and oxygen atoms in total. The Morgan fingerprint density at radius 1 is 1.50 bits per heavy atom. The van der Waals surface area contributed by atoms with E-state index in [4.69, 9.17) is 9.47 Å². The van der Waals surface area contributed by atoms with Crippen LogP contribution >= 0.6 is 0 Å². The summed E-state index contributed by atoms with van der Waals surface area (Å²) in [6.07, 6.45) is 2.24. The van der Waals surface area contributed by atoms with Gasteiger partial charge < -0.3 is 9.47 Å². The zero-order valence-electron chi connectivity index (χ0n) is 7.60. The predicted molar refractivity (Wildman–Crippen MR) is 51.9 cm³/mol. The molecule has 3 heteroatoms. The maximum absolute atomic E-state index is 10.7. The lowest BCUT2D eigenvalue weighted by Gasteiger charge is -2.25. The summed E-state index contributed by atoms with van der Waals surface area (Å²) >= 11 is 0. The van der Waals surface area contributed by atoms with Crippen LogP contribution in [-0.4, -0.2) is 19.0 Å². The van der Waals surface area contributed by atoms with Gasteiger partial charge in [0, 0.05) is 0 Å². The average Bonchev–Trinajstić information content (AvgIpc) is 2.27. The van der Waals surface area contributed by atoms with Crippen molar-refractivity contribution in [3.8, 4) is 11.5 Å². The molecule has 72 valence electrons. The summed E-state index contributed by atoms with van der Waals surface area (Å²) in [6, 6.07) is 5.24. The van der Waals surface area contributed by atoms with Gasteiger partial charge in [-0.2, -0.15) is 0 Å². The van der Waals surface area contributed by atoms with Gasteiger partial charge in [0.2, 0.25) is 0 Å². The first-order valence-corrected chi connectivity index (χ1v) is 4.35. The molecular formula is C11H10O3. The highest BCUT2D eigenvalue weighted by Crippen LogP contribution is 2.34. The number of ether oxygens (including phenoxy) is 2. The molecule has 0 aromatic heterocycles. The average molecular weight is 190 g/mol. The first kappa shape index (κ1) is 8.81. The van der Waals surface area contributed by atoms with Crippen molar-refractivity contribution >= 4 is 6.29 Å². The molecule has 0 spiro atoms. The largest absolute Gasteiger partial charge is 0.485 e. The number of hydrogen-bond acceptors (Lipinski definition) is 3. The molecule has 0 saturated heterocycles. The van der Waals surface area contributed by atoms with Crippen LogP contribution in [0, 0.1) is 0 Å². The Balaban J connectivity index is 2.42. The van der Waals surface area contributed by atoms with E-state index >= 15 is 0 Å². The fraction of sp³-hybridized carbons (Fsp3) is 0.182. The van der Waals surface area contributed by atoms with Gasteiger partial charge in [0.15, 0.2) is 23.9 Å². The van der Waals surface area contributed by atoms with E-state index in [9.17, 15) is 4.79 Å². The van der Waals surface area contributed by atoms with Crippen molar-refractivity contribution in [3.63, 3.8) is 0 Å². The van der Waals surface area contributed by atoms with Crippen LogP contribution in [-0.2, 0) is 0 Å². The third-order valence-electron chi connectivity index (χ3n) is 2.07. The number of para-hydroxylation sites is 1. The molecule has 0 saturated carbocycles. The molecular weight excluding hydrogens is 180 g/mol. The number of carbonyl (C=O) groups is 1. The van der Waals surface area contributed by atoms with Crippen molar-refractivity contribution in [2.45, 2.75) is 6.10 Å². The van der Waals surface area contributed by atoms with Gasteiger partial charge in [-0.3, -0.25) is 4.79 Å². The van der Waals surface area contributed by atoms with Gasteiger partial charge >= 0.3 is 0 Å². The van der Waals surface area contributed by atoms with Gasteiger partial charge in [0.25, 0.3) is 0 Å².